The van der Waals surface area contributed by atoms with Crippen molar-refractivity contribution in [2.24, 2.45) is 5.73 Å². The highest BCUT2D eigenvalue weighted by Crippen LogP contribution is 2.04. The van der Waals surface area contributed by atoms with Crippen LogP contribution in [-0.4, -0.2) is 22.3 Å². The molecule has 0 fully saturated rings. The molecule has 1 rings (SSSR count). The molecule has 0 aliphatic rings. The molecule has 0 aliphatic carbocycles. The van der Waals surface area contributed by atoms with Gasteiger partial charge in [0.2, 0.25) is 0 Å². The average molecular weight is 180 g/mol. The molecule has 1 heterocycles. The first-order chi connectivity index (χ1) is 6.18. The predicted molar refractivity (Wildman–Crippen MR) is 53.4 cm³/mol. The van der Waals surface area contributed by atoms with Crippen LogP contribution in [0.25, 0.3) is 0 Å². The molecule has 0 aromatic carbocycles. The van der Waals surface area contributed by atoms with E-state index in [9.17, 15) is 0 Å². The Morgan fingerprint density at radius 1 is 1.54 bits per heavy atom. The molecule has 0 spiro atoms. The molecule has 2 atom stereocenters. The van der Waals surface area contributed by atoms with Crippen molar-refractivity contribution >= 4 is 5.82 Å². The minimum Gasteiger partial charge on any atom is -0.366 e. The van der Waals surface area contributed by atoms with Gasteiger partial charge < -0.3 is 11.1 Å². The van der Waals surface area contributed by atoms with Crippen LogP contribution >= 0.6 is 0 Å². The van der Waals surface area contributed by atoms with Crippen LogP contribution in [0.1, 0.15) is 20.3 Å². The Labute approximate surface area is 78.6 Å². The van der Waals surface area contributed by atoms with Gasteiger partial charge in [0.25, 0.3) is 0 Å². The molecule has 1 aromatic heterocycles. The summed E-state index contributed by atoms with van der Waals surface area (Å²) in [6.45, 7) is 4.08. The molecule has 0 aliphatic heterocycles. The van der Waals surface area contributed by atoms with E-state index in [4.69, 9.17) is 5.73 Å². The summed E-state index contributed by atoms with van der Waals surface area (Å²) in [5.41, 5.74) is 5.67. The first-order valence-corrected chi connectivity index (χ1v) is 4.48. The summed E-state index contributed by atoms with van der Waals surface area (Å²) in [6, 6.07) is 4.29. The summed E-state index contributed by atoms with van der Waals surface area (Å²) in [5, 5.41) is 10.9. The maximum atomic E-state index is 5.67. The van der Waals surface area contributed by atoms with Crippen molar-refractivity contribution in [3.8, 4) is 0 Å². The predicted octanol–water partition coefficient (Wildman–Crippen LogP) is 1.01. The SMILES string of the molecule is CC(N)CC(C)Nc1cccnn1. The van der Waals surface area contributed by atoms with E-state index < -0.39 is 0 Å². The van der Waals surface area contributed by atoms with Crippen LogP contribution in [0.4, 0.5) is 5.82 Å². The molecule has 1 aromatic rings. The Morgan fingerprint density at radius 2 is 2.31 bits per heavy atom. The average Bonchev–Trinajstić information content (AvgIpc) is 2.04. The standard InChI is InChI=1S/C9H16N4/c1-7(10)6-8(2)12-9-4-3-5-11-13-9/h3-5,7-8H,6,10H2,1-2H3,(H,12,13). The zero-order valence-corrected chi connectivity index (χ0v) is 8.07. The fourth-order valence-corrected chi connectivity index (χ4v) is 1.25. The Kier molecular flexibility index (Phi) is 3.64. The molecule has 3 N–H and O–H groups in total. The van der Waals surface area contributed by atoms with Crippen LogP contribution in [0.2, 0.25) is 0 Å². The molecule has 4 heteroatoms. The number of hydrogen-bond donors (Lipinski definition) is 2. The molecule has 72 valence electrons. The number of hydrogen-bond acceptors (Lipinski definition) is 4. The number of anilines is 1. The summed E-state index contributed by atoms with van der Waals surface area (Å²) in [4.78, 5) is 0. The van der Waals surface area contributed by atoms with Crippen molar-refractivity contribution in [2.45, 2.75) is 32.4 Å². The summed E-state index contributed by atoms with van der Waals surface area (Å²) >= 11 is 0. The maximum absolute atomic E-state index is 5.67. The molecule has 4 nitrogen and oxygen atoms in total. The quantitative estimate of drug-likeness (QED) is 0.726. The van der Waals surface area contributed by atoms with Crippen molar-refractivity contribution < 1.29 is 0 Å². The number of nitrogens with zero attached hydrogens (tertiary/aromatic N) is 2. The first-order valence-electron chi connectivity index (χ1n) is 4.48. The third-order valence-electron chi connectivity index (χ3n) is 1.69. The second-order valence-corrected chi connectivity index (χ2v) is 3.37. The lowest BCUT2D eigenvalue weighted by Gasteiger charge is -2.15. The Balaban J connectivity index is 2.41. The molecular weight excluding hydrogens is 164 g/mol. The highest BCUT2D eigenvalue weighted by Gasteiger charge is 2.04. The zero-order valence-electron chi connectivity index (χ0n) is 8.07. The van der Waals surface area contributed by atoms with Gasteiger partial charge in [-0.25, -0.2) is 0 Å². The largest absolute Gasteiger partial charge is 0.366 e. The number of rotatable bonds is 4. The van der Waals surface area contributed by atoms with E-state index in [1.54, 1.807) is 6.20 Å². The Morgan fingerprint density at radius 3 is 2.85 bits per heavy atom. The topological polar surface area (TPSA) is 63.8 Å². The Bertz CT molecular complexity index is 235. The molecular formula is C9H16N4. The lowest BCUT2D eigenvalue weighted by molar-refractivity contribution is 0.602. The molecule has 13 heavy (non-hydrogen) atoms. The smallest absolute Gasteiger partial charge is 0.148 e. The molecule has 0 saturated carbocycles. The summed E-state index contributed by atoms with van der Waals surface area (Å²) in [5.74, 6) is 0.802. The second kappa shape index (κ2) is 4.77. The third kappa shape index (κ3) is 3.85. The van der Waals surface area contributed by atoms with Crippen LogP contribution in [0.3, 0.4) is 0 Å². The van der Waals surface area contributed by atoms with E-state index in [2.05, 4.69) is 22.4 Å². The summed E-state index contributed by atoms with van der Waals surface area (Å²) < 4.78 is 0. The lowest BCUT2D eigenvalue weighted by atomic mass is 10.1. The minimum absolute atomic E-state index is 0.208. The highest BCUT2D eigenvalue weighted by atomic mass is 15.2. The van der Waals surface area contributed by atoms with Gasteiger partial charge in [-0.05, 0) is 32.4 Å². The maximum Gasteiger partial charge on any atom is 0.148 e. The Hall–Kier alpha value is -1.16. The second-order valence-electron chi connectivity index (χ2n) is 3.37. The zero-order chi connectivity index (χ0) is 9.68. The van der Waals surface area contributed by atoms with E-state index in [1.807, 2.05) is 19.1 Å². The van der Waals surface area contributed by atoms with Crippen LogP contribution in [0, 0.1) is 0 Å². The van der Waals surface area contributed by atoms with E-state index >= 15 is 0 Å². The van der Waals surface area contributed by atoms with Gasteiger partial charge in [0.1, 0.15) is 5.82 Å². The summed E-state index contributed by atoms with van der Waals surface area (Å²) in [7, 11) is 0. The van der Waals surface area contributed by atoms with E-state index in [1.165, 1.54) is 0 Å². The lowest BCUT2D eigenvalue weighted by Crippen LogP contribution is -2.26. The number of nitrogens with one attached hydrogen (secondary N) is 1. The van der Waals surface area contributed by atoms with Crippen molar-refractivity contribution in [2.75, 3.05) is 5.32 Å². The van der Waals surface area contributed by atoms with Crippen molar-refractivity contribution in [1.82, 2.24) is 10.2 Å². The highest BCUT2D eigenvalue weighted by molar-refractivity contribution is 5.32. The molecule has 2 unspecified atom stereocenters. The van der Waals surface area contributed by atoms with Gasteiger partial charge in [0, 0.05) is 18.3 Å². The normalized spacial score (nSPS) is 15.0. The van der Waals surface area contributed by atoms with Gasteiger partial charge in [-0.15, -0.1) is 5.10 Å². The van der Waals surface area contributed by atoms with Crippen molar-refractivity contribution in [1.29, 1.82) is 0 Å². The first kappa shape index (κ1) is 9.92. The van der Waals surface area contributed by atoms with Gasteiger partial charge in [-0.1, -0.05) is 0 Å². The van der Waals surface area contributed by atoms with E-state index in [0.717, 1.165) is 12.2 Å². The van der Waals surface area contributed by atoms with Crippen LogP contribution in [0.15, 0.2) is 18.3 Å². The van der Waals surface area contributed by atoms with Crippen LogP contribution < -0.4 is 11.1 Å². The van der Waals surface area contributed by atoms with Gasteiger partial charge >= 0.3 is 0 Å². The van der Waals surface area contributed by atoms with Crippen molar-refractivity contribution in [3.63, 3.8) is 0 Å². The molecule has 0 radical (unpaired) electrons. The molecule has 0 bridgehead atoms. The molecule has 0 saturated heterocycles. The van der Waals surface area contributed by atoms with Gasteiger partial charge in [0.15, 0.2) is 0 Å². The number of aromatic nitrogens is 2. The fraction of sp³-hybridized carbons (Fsp3) is 0.556. The third-order valence-corrected chi connectivity index (χ3v) is 1.69. The van der Waals surface area contributed by atoms with Crippen molar-refractivity contribution in [3.05, 3.63) is 18.3 Å². The minimum atomic E-state index is 0.208. The van der Waals surface area contributed by atoms with E-state index in [0.29, 0.717) is 6.04 Å². The monoisotopic (exact) mass is 180 g/mol. The summed E-state index contributed by atoms with van der Waals surface area (Å²) in [6.07, 6.45) is 2.58. The molecule has 0 amide bonds. The van der Waals surface area contributed by atoms with Crippen LogP contribution in [0.5, 0.6) is 0 Å². The van der Waals surface area contributed by atoms with Crippen LogP contribution in [-0.2, 0) is 0 Å². The number of nitrogens with two attached hydrogens (primary N) is 1. The van der Waals surface area contributed by atoms with Gasteiger partial charge in [0.05, 0.1) is 0 Å². The van der Waals surface area contributed by atoms with Gasteiger partial charge in [-0.3, -0.25) is 0 Å². The van der Waals surface area contributed by atoms with Gasteiger partial charge in [-0.2, -0.15) is 5.10 Å². The fourth-order valence-electron chi connectivity index (χ4n) is 1.25. The van der Waals surface area contributed by atoms with E-state index in [-0.39, 0.29) is 6.04 Å².